The van der Waals surface area contributed by atoms with Crippen LogP contribution in [-0.4, -0.2) is 62.0 Å². The third kappa shape index (κ3) is 5.61. The predicted octanol–water partition coefficient (Wildman–Crippen LogP) is 1.37. The average Bonchev–Trinajstić information content (AvgIpc) is 3.34. The minimum Gasteiger partial charge on any atom is -0.325 e. The van der Waals surface area contributed by atoms with Gasteiger partial charge in [-0.25, -0.2) is 0 Å². The molecule has 1 heterocycles. The summed E-state index contributed by atoms with van der Waals surface area (Å²) in [5.41, 5.74) is 2.16. The van der Waals surface area contributed by atoms with Crippen molar-refractivity contribution in [2.45, 2.75) is 19.4 Å². The molecule has 1 aliphatic heterocycles. The standard InChI is InChI=1S/C18H28N4O/c1-21-7-9-22(10-8-21)14-16-3-2-4-17(11-16)20-18(23)13-19-12-15-5-6-15/h2-4,11,15,19H,5-10,12-14H2,1H3,(H,20,23). The number of nitrogens with one attached hydrogen (secondary N) is 2. The fourth-order valence-electron chi connectivity index (χ4n) is 2.93. The quantitative estimate of drug-likeness (QED) is 0.798. The lowest BCUT2D eigenvalue weighted by Gasteiger charge is -2.32. The Morgan fingerprint density at radius 2 is 2.00 bits per heavy atom. The molecule has 2 N–H and O–H groups in total. The largest absolute Gasteiger partial charge is 0.325 e. The van der Waals surface area contributed by atoms with Crippen molar-refractivity contribution in [3.05, 3.63) is 29.8 Å². The minimum atomic E-state index is 0.0439. The van der Waals surface area contributed by atoms with Crippen LogP contribution >= 0.6 is 0 Å². The van der Waals surface area contributed by atoms with Gasteiger partial charge >= 0.3 is 0 Å². The lowest BCUT2D eigenvalue weighted by atomic mass is 10.1. The number of piperazine rings is 1. The number of hydrogen-bond donors (Lipinski definition) is 2. The van der Waals surface area contributed by atoms with E-state index in [9.17, 15) is 4.79 Å². The Morgan fingerprint density at radius 1 is 1.22 bits per heavy atom. The van der Waals surface area contributed by atoms with Gasteiger partial charge in [0.1, 0.15) is 0 Å². The van der Waals surface area contributed by atoms with Crippen molar-refractivity contribution < 1.29 is 4.79 Å². The summed E-state index contributed by atoms with van der Waals surface area (Å²) in [6.07, 6.45) is 2.62. The highest BCUT2D eigenvalue weighted by molar-refractivity contribution is 5.92. The van der Waals surface area contributed by atoms with Gasteiger partial charge in [0.15, 0.2) is 0 Å². The van der Waals surface area contributed by atoms with E-state index in [2.05, 4.69) is 39.6 Å². The van der Waals surface area contributed by atoms with E-state index in [1.54, 1.807) is 0 Å². The van der Waals surface area contributed by atoms with Crippen LogP contribution in [0.2, 0.25) is 0 Å². The maximum absolute atomic E-state index is 12.0. The van der Waals surface area contributed by atoms with E-state index in [1.807, 2.05) is 12.1 Å². The monoisotopic (exact) mass is 316 g/mol. The highest BCUT2D eigenvalue weighted by Crippen LogP contribution is 2.27. The molecule has 1 aromatic carbocycles. The number of amides is 1. The number of likely N-dealkylation sites (N-methyl/N-ethyl adjacent to an activating group) is 1. The second kappa shape index (κ2) is 7.90. The van der Waals surface area contributed by atoms with Gasteiger partial charge in [-0.15, -0.1) is 0 Å². The second-order valence-corrected chi connectivity index (χ2v) is 6.90. The molecule has 1 aliphatic carbocycles. The van der Waals surface area contributed by atoms with Crippen LogP contribution in [0.25, 0.3) is 0 Å². The zero-order valence-electron chi connectivity index (χ0n) is 14.1. The summed E-state index contributed by atoms with van der Waals surface area (Å²) in [5, 5.41) is 6.22. The van der Waals surface area contributed by atoms with Crippen molar-refractivity contribution in [2.75, 3.05) is 51.6 Å². The van der Waals surface area contributed by atoms with Crippen LogP contribution in [-0.2, 0) is 11.3 Å². The van der Waals surface area contributed by atoms with Crippen LogP contribution < -0.4 is 10.6 Å². The van der Waals surface area contributed by atoms with E-state index in [0.717, 1.165) is 50.9 Å². The normalized spacial score (nSPS) is 19.7. The van der Waals surface area contributed by atoms with Crippen molar-refractivity contribution >= 4 is 11.6 Å². The zero-order valence-corrected chi connectivity index (χ0v) is 14.1. The molecule has 2 fully saturated rings. The molecule has 5 heteroatoms. The summed E-state index contributed by atoms with van der Waals surface area (Å²) >= 11 is 0. The van der Waals surface area contributed by atoms with Crippen LogP contribution in [0.3, 0.4) is 0 Å². The molecular weight excluding hydrogens is 288 g/mol. The Labute approximate surface area is 139 Å². The van der Waals surface area contributed by atoms with Crippen LogP contribution in [0.5, 0.6) is 0 Å². The van der Waals surface area contributed by atoms with E-state index in [4.69, 9.17) is 0 Å². The smallest absolute Gasteiger partial charge is 0.238 e. The molecule has 0 aromatic heterocycles. The van der Waals surface area contributed by atoms with Gasteiger partial charge in [0, 0.05) is 38.4 Å². The molecule has 3 rings (SSSR count). The van der Waals surface area contributed by atoms with Gasteiger partial charge in [0.25, 0.3) is 0 Å². The van der Waals surface area contributed by atoms with E-state index < -0.39 is 0 Å². The minimum absolute atomic E-state index is 0.0439. The molecule has 0 bridgehead atoms. The molecule has 0 radical (unpaired) electrons. The maximum Gasteiger partial charge on any atom is 0.238 e. The van der Waals surface area contributed by atoms with Crippen molar-refractivity contribution in [1.29, 1.82) is 0 Å². The average molecular weight is 316 g/mol. The summed E-state index contributed by atoms with van der Waals surface area (Å²) in [6, 6.07) is 8.22. The topological polar surface area (TPSA) is 47.6 Å². The molecule has 126 valence electrons. The highest BCUT2D eigenvalue weighted by atomic mass is 16.1. The molecule has 1 saturated heterocycles. The van der Waals surface area contributed by atoms with Crippen LogP contribution in [0.1, 0.15) is 18.4 Å². The molecule has 1 amide bonds. The molecular formula is C18H28N4O. The van der Waals surface area contributed by atoms with Crippen molar-refractivity contribution in [1.82, 2.24) is 15.1 Å². The molecule has 1 aromatic rings. The number of carbonyl (C=O) groups is 1. The summed E-state index contributed by atoms with van der Waals surface area (Å²) in [6.45, 7) is 6.80. The summed E-state index contributed by atoms with van der Waals surface area (Å²) in [7, 11) is 2.17. The summed E-state index contributed by atoms with van der Waals surface area (Å²) in [5.74, 6) is 0.845. The fourth-order valence-corrected chi connectivity index (χ4v) is 2.93. The molecule has 2 aliphatic rings. The van der Waals surface area contributed by atoms with Gasteiger partial charge < -0.3 is 15.5 Å². The van der Waals surface area contributed by atoms with Gasteiger partial charge in [-0.2, -0.15) is 0 Å². The fraction of sp³-hybridized carbons (Fsp3) is 0.611. The molecule has 23 heavy (non-hydrogen) atoms. The Hall–Kier alpha value is -1.43. The number of rotatable bonds is 7. The Kier molecular flexibility index (Phi) is 5.65. The Morgan fingerprint density at radius 3 is 2.74 bits per heavy atom. The summed E-state index contributed by atoms with van der Waals surface area (Å²) in [4.78, 5) is 16.8. The first-order valence-corrected chi connectivity index (χ1v) is 8.69. The lowest BCUT2D eigenvalue weighted by molar-refractivity contribution is -0.115. The zero-order chi connectivity index (χ0) is 16.1. The van der Waals surface area contributed by atoms with Gasteiger partial charge in [-0.05, 0) is 50.0 Å². The Balaban J connectivity index is 1.45. The van der Waals surface area contributed by atoms with Crippen molar-refractivity contribution in [2.24, 2.45) is 5.92 Å². The van der Waals surface area contributed by atoms with Gasteiger partial charge in [0.2, 0.25) is 5.91 Å². The van der Waals surface area contributed by atoms with Crippen LogP contribution in [0.4, 0.5) is 5.69 Å². The van der Waals surface area contributed by atoms with Gasteiger partial charge in [-0.1, -0.05) is 12.1 Å². The molecule has 1 saturated carbocycles. The maximum atomic E-state index is 12.0. The first-order valence-electron chi connectivity index (χ1n) is 8.69. The van der Waals surface area contributed by atoms with E-state index >= 15 is 0 Å². The third-order valence-electron chi connectivity index (χ3n) is 4.63. The highest BCUT2D eigenvalue weighted by Gasteiger charge is 2.20. The number of anilines is 1. The molecule has 0 spiro atoms. The number of carbonyl (C=O) groups excluding carboxylic acids is 1. The number of nitrogens with zero attached hydrogens (tertiary/aromatic N) is 2. The lowest BCUT2D eigenvalue weighted by Crippen LogP contribution is -2.43. The molecule has 5 nitrogen and oxygen atoms in total. The van der Waals surface area contributed by atoms with E-state index in [0.29, 0.717) is 6.54 Å². The predicted molar refractivity (Wildman–Crippen MR) is 93.4 cm³/mol. The van der Waals surface area contributed by atoms with E-state index in [-0.39, 0.29) is 5.91 Å². The SMILES string of the molecule is CN1CCN(Cc2cccc(NC(=O)CNCC3CC3)c2)CC1. The third-order valence-corrected chi connectivity index (χ3v) is 4.63. The van der Waals surface area contributed by atoms with Crippen molar-refractivity contribution in [3.8, 4) is 0 Å². The van der Waals surface area contributed by atoms with Gasteiger partial charge in [0.05, 0.1) is 6.54 Å². The summed E-state index contributed by atoms with van der Waals surface area (Å²) < 4.78 is 0. The van der Waals surface area contributed by atoms with Gasteiger partial charge in [-0.3, -0.25) is 9.69 Å². The van der Waals surface area contributed by atoms with Crippen molar-refractivity contribution in [3.63, 3.8) is 0 Å². The van der Waals surface area contributed by atoms with E-state index in [1.165, 1.54) is 18.4 Å². The second-order valence-electron chi connectivity index (χ2n) is 6.90. The first-order chi connectivity index (χ1) is 11.2. The Bertz CT molecular complexity index is 522. The van der Waals surface area contributed by atoms with Crippen LogP contribution in [0, 0.1) is 5.92 Å². The first kappa shape index (κ1) is 16.4. The number of hydrogen-bond acceptors (Lipinski definition) is 4. The molecule has 0 atom stereocenters. The molecule has 0 unspecified atom stereocenters. The number of benzene rings is 1. The van der Waals surface area contributed by atoms with Crippen LogP contribution in [0.15, 0.2) is 24.3 Å².